The minimum Gasteiger partial charge on any atom is -0.341 e. The van der Waals surface area contributed by atoms with E-state index >= 15 is 0 Å². The molecule has 2 aromatic carbocycles. The van der Waals surface area contributed by atoms with Crippen molar-refractivity contribution >= 4 is 28.6 Å². The fourth-order valence-corrected chi connectivity index (χ4v) is 4.10. The van der Waals surface area contributed by atoms with E-state index in [-0.39, 0.29) is 17.2 Å². The van der Waals surface area contributed by atoms with E-state index in [4.69, 9.17) is 0 Å². The molecule has 0 bridgehead atoms. The Morgan fingerprint density at radius 3 is 2.62 bits per heavy atom. The van der Waals surface area contributed by atoms with Gasteiger partial charge in [-0.25, -0.2) is 4.98 Å². The number of nitrogens with zero attached hydrogens (tertiary/aromatic N) is 3. The Morgan fingerprint density at radius 2 is 1.86 bits per heavy atom. The van der Waals surface area contributed by atoms with Gasteiger partial charge in [0.05, 0.1) is 16.7 Å². The number of rotatable bonds is 8. The molecule has 0 unspecified atom stereocenters. The van der Waals surface area contributed by atoms with Crippen LogP contribution in [0, 0.1) is 6.92 Å². The molecule has 3 rings (SSSR count). The standard InChI is InChI=1S/C23H27N3O2S/c1-4-5-14-26-22(28)19-12-8-9-13-20(19)24-23(26)29-16-21(27)25(3)15-18-11-7-6-10-17(18)2/h6-13H,4-5,14-16H2,1-3H3. The lowest BCUT2D eigenvalue weighted by Gasteiger charge is -2.19. The maximum absolute atomic E-state index is 12.9. The molecule has 0 spiro atoms. The third kappa shape index (κ3) is 5.07. The van der Waals surface area contributed by atoms with Gasteiger partial charge in [0.15, 0.2) is 5.16 Å². The highest BCUT2D eigenvalue weighted by Crippen LogP contribution is 2.19. The summed E-state index contributed by atoms with van der Waals surface area (Å²) in [5.74, 6) is 0.266. The molecule has 6 heteroatoms. The number of thioether (sulfide) groups is 1. The van der Waals surface area contributed by atoms with Crippen molar-refractivity contribution in [3.63, 3.8) is 0 Å². The van der Waals surface area contributed by atoms with Crippen LogP contribution in [0.2, 0.25) is 0 Å². The summed E-state index contributed by atoms with van der Waals surface area (Å²) < 4.78 is 1.71. The van der Waals surface area contributed by atoms with Gasteiger partial charge in [-0.15, -0.1) is 0 Å². The number of hydrogen-bond acceptors (Lipinski definition) is 4. The fraction of sp³-hybridized carbons (Fsp3) is 0.348. The molecule has 0 aliphatic carbocycles. The van der Waals surface area contributed by atoms with Crippen molar-refractivity contribution in [2.24, 2.45) is 0 Å². The molecule has 0 aliphatic heterocycles. The Hall–Kier alpha value is -2.60. The van der Waals surface area contributed by atoms with Gasteiger partial charge in [-0.2, -0.15) is 0 Å². The number of aromatic nitrogens is 2. The number of carbonyl (C=O) groups excluding carboxylic acids is 1. The van der Waals surface area contributed by atoms with Crippen molar-refractivity contribution in [3.05, 3.63) is 70.0 Å². The highest BCUT2D eigenvalue weighted by Gasteiger charge is 2.15. The van der Waals surface area contributed by atoms with Crippen LogP contribution in [0.4, 0.5) is 0 Å². The monoisotopic (exact) mass is 409 g/mol. The quantitative estimate of drug-likeness (QED) is 0.412. The molecule has 29 heavy (non-hydrogen) atoms. The van der Waals surface area contributed by atoms with Crippen LogP contribution >= 0.6 is 11.8 Å². The van der Waals surface area contributed by atoms with Crippen molar-refractivity contribution in [1.29, 1.82) is 0 Å². The summed E-state index contributed by atoms with van der Waals surface area (Å²) in [6.45, 7) is 5.33. The van der Waals surface area contributed by atoms with Gasteiger partial charge in [-0.1, -0.05) is 61.5 Å². The molecule has 1 amide bonds. The first kappa shape index (κ1) is 21.1. The number of benzene rings is 2. The van der Waals surface area contributed by atoms with E-state index in [1.165, 1.54) is 17.3 Å². The molecule has 0 atom stereocenters. The molecule has 152 valence electrons. The minimum atomic E-state index is -0.0349. The minimum absolute atomic E-state index is 0.0164. The number of hydrogen-bond donors (Lipinski definition) is 0. The highest BCUT2D eigenvalue weighted by molar-refractivity contribution is 7.99. The summed E-state index contributed by atoms with van der Waals surface area (Å²) in [6, 6.07) is 15.5. The molecule has 3 aromatic rings. The fourth-order valence-electron chi connectivity index (χ4n) is 3.14. The first-order valence-electron chi connectivity index (χ1n) is 9.92. The lowest BCUT2D eigenvalue weighted by Crippen LogP contribution is -2.29. The zero-order valence-corrected chi connectivity index (χ0v) is 18.0. The number of unbranched alkanes of at least 4 members (excludes halogenated alkanes) is 1. The predicted octanol–water partition coefficient (Wildman–Crippen LogP) is 4.26. The molecule has 0 saturated carbocycles. The average molecular weight is 410 g/mol. The largest absolute Gasteiger partial charge is 0.341 e. The van der Waals surface area contributed by atoms with Crippen molar-refractivity contribution in [2.45, 2.75) is 44.9 Å². The zero-order chi connectivity index (χ0) is 20.8. The van der Waals surface area contributed by atoms with Crippen LogP contribution in [0.3, 0.4) is 0 Å². The SMILES string of the molecule is CCCCn1c(SCC(=O)N(C)Cc2ccccc2C)nc2ccccc2c1=O. The molecule has 1 heterocycles. The summed E-state index contributed by atoms with van der Waals surface area (Å²) in [5, 5.41) is 1.23. The molecule has 0 saturated heterocycles. The van der Waals surface area contributed by atoms with E-state index in [0.29, 0.717) is 29.1 Å². The Kier molecular flexibility index (Phi) is 7.09. The summed E-state index contributed by atoms with van der Waals surface area (Å²) in [7, 11) is 1.81. The number of amides is 1. The van der Waals surface area contributed by atoms with Gasteiger partial charge in [-0.05, 0) is 36.6 Å². The summed E-state index contributed by atoms with van der Waals surface area (Å²) in [5.41, 5.74) is 2.95. The van der Waals surface area contributed by atoms with Crippen molar-refractivity contribution in [1.82, 2.24) is 14.5 Å². The lowest BCUT2D eigenvalue weighted by molar-refractivity contribution is -0.127. The van der Waals surface area contributed by atoms with Gasteiger partial charge in [-0.3, -0.25) is 14.2 Å². The first-order valence-corrected chi connectivity index (χ1v) is 10.9. The third-order valence-corrected chi connectivity index (χ3v) is 5.94. The van der Waals surface area contributed by atoms with Gasteiger partial charge in [0.2, 0.25) is 5.91 Å². The lowest BCUT2D eigenvalue weighted by atomic mass is 10.1. The van der Waals surface area contributed by atoms with Crippen LogP contribution in [0.15, 0.2) is 58.5 Å². The van der Waals surface area contributed by atoms with Crippen molar-refractivity contribution < 1.29 is 4.79 Å². The van der Waals surface area contributed by atoms with Gasteiger partial charge in [0, 0.05) is 20.1 Å². The van der Waals surface area contributed by atoms with E-state index in [2.05, 4.69) is 11.9 Å². The molecule has 0 fully saturated rings. The Bertz CT molecular complexity index is 1060. The van der Waals surface area contributed by atoms with Crippen LogP contribution in [0.1, 0.15) is 30.9 Å². The second kappa shape index (κ2) is 9.74. The number of para-hydroxylation sites is 1. The Morgan fingerprint density at radius 1 is 1.14 bits per heavy atom. The average Bonchev–Trinajstić information content (AvgIpc) is 2.73. The van der Waals surface area contributed by atoms with Crippen LogP contribution in [0.25, 0.3) is 10.9 Å². The van der Waals surface area contributed by atoms with Crippen LogP contribution in [-0.4, -0.2) is 33.2 Å². The van der Waals surface area contributed by atoms with Crippen LogP contribution in [-0.2, 0) is 17.9 Å². The summed E-state index contributed by atoms with van der Waals surface area (Å²) in [6.07, 6.45) is 1.89. The normalized spacial score (nSPS) is 11.0. The number of carbonyl (C=O) groups is 1. The van der Waals surface area contributed by atoms with Gasteiger partial charge >= 0.3 is 0 Å². The zero-order valence-electron chi connectivity index (χ0n) is 17.2. The van der Waals surface area contributed by atoms with E-state index in [1.54, 1.807) is 9.47 Å². The predicted molar refractivity (Wildman–Crippen MR) is 119 cm³/mol. The molecular weight excluding hydrogens is 382 g/mol. The molecule has 0 radical (unpaired) electrons. The molecule has 5 nitrogen and oxygen atoms in total. The molecule has 0 N–H and O–H groups in total. The second-order valence-electron chi connectivity index (χ2n) is 7.19. The van der Waals surface area contributed by atoms with Crippen LogP contribution < -0.4 is 5.56 Å². The summed E-state index contributed by atoms with van der Waals surface area (Å²) in [4.78, 5) is 32.0. The highest BCUT2D eigenvalue weighted by atomic mass is 32.2. The summed E-state index contributed by atoms with van der Waals surface area (Å²) >= 11 is 1.34. The maximum Gasteiger partial charge on any atom is 0.262 e. The number of fused-ring (bicyclic) bond motifs is 1. The number of aryl methyl sites for hydroxylation is 1. The van der Waals surface area contributed by atoms with E-state index < -0.39 is 0 Å². The molecule has 1 aromatic heterocycles. The Balaban J connectivity index is 1.77. The van der Waals surface area contributed by atoms with Crippen LogP contribution in [0.5, 0.6) is 0 Å². The topological polar surface area (TPSA) is 55.2 Å². The van der Waals surface area contributed by atoms with E-state index in [1.807, 2.05) is 62.5 Å². The smallest absolute Gasteiger partial charge is 0.262 e. The molecule has 0 aliphatic rings. The second-order valence-corrected chi connectivity index (χ2v) is 8.13. The van der Waals surface area contributed by atoms with Crippen molar-refractivity contribution in [2.75, 3.05) is 12.8 Å². The third-order valence-electron chi connectivity index (χ3n) is 4.98. The van der Waals surface area contributed by atoms with Crippen molar-refractivity contribution in [3.8, 4) is 0 Å². The molecular formula is C23H27N3O2S. The van der Waals surface area contributed by atoms with Gasteiger partial charge in [0.25, 0.3) is 5.56 Å². The van der Waals surface area contributed by atoms with Gasteiger partial charge < -0.3 is 4.90 Å². The van der Waals surface area contributed by atoms with E-state index in [0.717, 1.165) is 18.4 Å². The first-order chi connectivity index (χ1) is 14.0. The maximum atomic E-state index is 12.9. The van der Waals surface area contributed by atoms with Gasteiger partial charge in [0.1, 0.15) is 0 Å². The Labute approximate surface area is 175 Å². The van der Waals surface area contributed by atoms with E-state index in [9.17, 15) is 9.59 Å².